The lowest BCUT2D eigenvalue weighted by Crippen LogP contribution is -2.26. The molecule has 0 unspecified atom stereocenters. The molecule has 0 spiro atoms. The minimum atomic E-state index is -0.233. The molecule has 1 heterocycles. The molecule has 0 atom stereocenters. The Hall–Kier alpha value is -1.39. The third-order valence-corrected chi connectivity index (χ3v) is 3.46. The lowest BCUT2D eigenvalue weighted by molar-refractivity contribution is 0.0312. The summed E-state index contributed by atoms with van der Waals surface area (Å²) in [6.07, 6.45) is 3.05. The maximum atomic E-state index is 12.1. The first-order chi connectivity index (χ1) is 9.83. The van der Waals surface area contributed by atoms with Gasteiger partial charge in [-0.1, -0.05) is 25.5 Å². The van der Waals surface area contributed by atoms with Crippen molar-refractivity contribution in [3.8, 4) is 0 Å². The van der Waals surface area contributed by atoms with E-state index in [4.69, 9.17) is 9.47 Å². The summed E-state index contributed by atoms with van der Waals surface area (Å²) in [7, 11) is 0. The summed E-state index contributed by atoms with van der Waals surface area (Å²) in [5, 5.41) is 3.31. The van der Waals surface area contributed by atoms with Crippen LogP contribution in [0.3, 0.4) is 0 Å². The van der Waals surface area contributed by atoms with E-state index in [1.165, 1.54) is 5.56 Å². The van der Waals surface area contributed by atoms with Gasteiger partial charge in [-0.3, -0.25) is 0 Å². The van der Waals surface area contributed by atoms with Crippen LogP contribution in [-0.4, -0.2) is 32.3 Å². The number of carbonyl (C=O) groups is 1. The van der Waals surface area contributed by atoms with Gasteiger partial charge in [0.2, 0.25) is 0 Å². The minimum Gasteiger partial charge on any atom is -0.460 e. The monoisotopic (exact) mass is 277 g/mol. The van der Waals surface area contributed by atoms with Gasteiger partial charge in [0.15, 0.2) is 0 Å². The lowest BCUT2D eigenvalue weighted by Gasteiger charge is -2.19. The minimum absolute atomic E-state index is 0.233. The van der Waals surface area contributed by atoms with Crippen molar-refractivity contribution in [1.82, 2.24) is 5.32 Å². The zero-order valence-electron chi connectivity index (χ0n) is 12.1. The molecule has 1 aromatic rings. The summed E-state index contributed by atoms with van der Waals surface area (Å²) >= 11 is 0. The first-order valence-corrected chi connectivity index (χ1v) is 7.39. The van der Waals surface area contributed by atoms with Gasteiger partial charge in [0.05, 0.1) is 12.2 Å². The SMILES string of the molecule is CCCCOCCOC(=O)c1cccc2c1CCNC2. The standard InChI is InChI=1S/C16H23NO3/c1-2-3-9-19-10-11-20-16(18)15-6-4-5-13-12-17-8-7-14(13)15/h4-6,17H,2-3,7-12H2,1H3. The van der Waals surface area contributed by atoms with Crippen molar-refractivity contribution < 1.29 is 14.3 Å². The van der Waals surface area contributed by atoms with Crippen molar-refractivity contribution in [3.63, 3.8) is 0 Å². The second-order valence-corrected chi connectivity index (χ2v) is 4.97. The van der Waals surface area contributed by atoms with E-state index < -0.39 is 0 Å². The predicted molar refractivity (Wildman–Crippen MR) is 77.9 cm³/mol. The number of nitrogens with one attached hydrogen (secondary N) is 1. The number of ether oxygens (including phenoxy) is 2. The molecule has 0 saturated carbocycles. The largest absolute Gasteiger partial charge is 0.460 e. The number of hydrogen-bond acceptors (Lipinski definition) is 4. The Morgan fingerprint density at radius 3 is 3.05 bits per heavy atom. The highest BCUT2D eigenvalue weighted by atomic mass is 16.6. The smallest absolute Gasteiger partial charge is 0.338 e. The highest BCUT2D eigenvalue weighted by Gasteiger charge is 2.17. The Labute approximate surface area is 120 Å². The zero-order chi connectivity index (χ0) is 14.2. The van der Waals surface area contributed by atoms with Crippen LogP contribution in [0.2, 0.25) is 0 Å². The van der Waals surface area contributed by atoms with Gasteiger partial charge in [0, 0.05) is 13.2 Å². The highest BCUT2D eigenvalue weighted by Crippen LogP contribution is 2.19. The molecular weight excluding hydrogens is 254 g/mol. The van der Waals surface area contributed by atoms with E-state index in [-0.39, 0.29) is 5.97 Å². The first kappa shape index (κ1) is 15.0. The summed E-state index contributed by atoms with van der Waals surface area (Å²) in [5.41, 5.74) is 3.03. The topological polar surface area (TPSA) is 47.6 Å². The van der Waals surface area contributed by atoms with Crippen LogP contribution in [-0.2, 0) is 22.4 Å². The molecule has 1 aliphatic heterocycles. The van der Waals surface area contributed by atoms with E-state index in [0.29, 0.717) is 18.8 Å². The second-order valence-electron chi connectivity index (χ2n) is 4.97. The Morgan fingerprint density at radius 2 is 2.20 bits per heavy atom. The Morgan fingerprint density at radius 1 is 1.30 bits per heavy atom. The van der Waals surface area contributed by atoms with Crippen molar-refractivity contribution in [2.75, 3.05) is 26.4 Å². The highest BCUT2D eigenvalue weighted by molar-refractivity contribution is 5.91. The molecular formula is C16H23NO3. The van der Waals surface area contributed by atoms with Crippen LogP contribution in [0.1, 0.15) is 41.3 Å². The molecule has 1 N–H and O–H groups in total. The average Bonchev–Trinajstić information content (AvgIpc) is 2.50. The van der Waals surface area contributed by atoms with Gasteiger partial charge in [0.1, 0.15) is 6.61 Å². The van der Waals surface area contributed by atoms with Crippen LogP contribution < -0.4 is 5.32 Å². The van der Waals surface area contributed by atoms with Crippen LogP contribution in [0.5, 0.6) is 0 Å². The van der Waals surface area contributed by atoms with Gasteiger partial charge in [-0.2, -0.15) is 0 Å². The van der Waals surface area contributed by atoms with E-state index in [2.05, 4.69) is 18.3 Å². The predicted octanol–water partition coefficient (Wildman–Crippen LogP) is 2.31. The van der Waals surface area contributed by atoms with Crippen LogP contribution >= 0.6 is 0 Å². The average molecular weight is 277 g/mol. The van der Waals surface area contributed by atoms with Gasteiger partial charge in [-0.15, -0.1) is 0 Å². The molecule has 4 heteroatoms. The van der Waals surface area contributed by atoms with E-state index in [0.717, 1.165) is 44.5 Å². The molecule has 4 nitrogen and oxygen atoms in total. The van der Waals surface area contributed by atoms with Crippen LogP contribution in [0, 0.1) is 0 Å². The van der Waals surface area contributed by atoms with E-state index in [1.54, 1.807) is 0 Å². The summed E-state index contributed by atoms with van der Waals surface area (Å²) in [6, 6.07) is 5.83. The number of esters is 1. The molecule has 0 aromatic heterocycles. The van der Waals surface area contributed by atoms with Crippen LogP contribution in [0.4, 0.5) is 0 Å². The van der Waals surface area contributed by atoms with Crippen molar-refractivity contribution in [3.05, 3.63) is 34.9 Å². The van der Waals surface area contributed by atoms with E-state index >= 15 is 0 Å². The Kier molecular flexibility index (Phi) is 6.02. The quantitative estimate of drug-likeness (QED) is 0.614. The Balaban J connectivity index is 1.83. The van der Waals surface area contributed by atoms with Crippen molar-refractivity contribution in [1.29, 1.82) is 0 Å². The van der Waals surface area contributed by atoms with E-state index in [1.807, 2.05) is 12.1 Å². The molecule has 0 saturated heterocycles. The van der Waals surface area contributed by atoms with Crippen LogP contribution in [0.15, 0.2) is 18.2 Å². The number of rotatable bonds is 7. The number of fused-ring (bicyclic) bond motifs is 1. The molecule has 0 fully saturated rings. The fourth-order valence-corrected chi connectivity index (χ4v) is 2.34. The van der Waals surface area contributed by atoms with E-state index in [9.17, 15) is 4.79 Å². The molecule has 110 valence electrons. The lowest BCUT2D eigenvalue weighted by atomic mass is 9.95. The van der Waals surface area contributed by atoms with Crippen LogP contribution in [0.25, 0.3) is 0 Å². The maximum absolute atomic E-state index is 12.1. The zero-order valence-corrected chi connectivity index (χ0v) is 12.1. The Bertz CT molecular complexity index is 445. The maximum Gasteiger partial charge on any atom is 0.338 e. The van der Waals surface area contributed by atoms with Gasteiger partial charge in [0.25, 0.3) is 0 Å². The van der Waals surface area contributed by atoms with Gasteiger partial charge in [-0.25, -0.2) is 4.79 Å². The molecule has 0 amide bonds. The molecule has 20 heavy (non-hydrogen) atoms. The third-order valence-electron chi connectivity index (χ3n) is 3.46. The van der Waals surface area contributed by atoms with Gasteiger partial charge in [-0.05, 0) is 36.6 Å². The molecule has 0 radical (unpaired) electrons. The fourth-order valence-electron chi connectivity index (χ4n) is 2.34. The van der Waals surface area contributed by atoms with Crippen molar-refractivity contribution >= 4 is 5.97 Å². The summed E-state index contributed by atoms with van der Waals surface area (Å²) in [6.45, 7) is 5.40. The normalized spacial score (nSPS) is 13.8. The molecule has 1 aromatic carbocycles. The first-order valence-electron chi connectivity index (χ1n) is 7.39. The second kappa shape index (κ2) is 8.02. The van der Waals surface area contributed by atoms with Crippen molar-refractivity contribution in [2.45, 2.75) is 32.7 Å². The number of carbonyl (C=O) groups excluding carboxylic acids is 1. The van der Waals surface area contributed by atoms with Gasteiger partial charge < -0.3 is 14.8 Å². The number of benzene rings is 1. The molecule has 1 aliphatic rings. The molecule has 0 aliphatic carbocycles. The summed E-state index contributed by atoms with van der Waals surface area (Å²) in [5.74, 6) is -0.233. The number of unbranched alkanes of at least 4 members (excludes halogenated alkanes) is 1. The summed E-state index contributed by atoms with van der Waals surface area (Å²) in [4.78, 5) is 12.1. The van der Waals surface area contributed by atoms with Crippen molar-refractivity contribution in [2.24, 2.45) is 0 Å². The fraction of sp³-hybridized carbons (Fsp3) is 0.562. The summed E-state index contributed by atoms with van der Waals surface area (Å²) < 4.78 is 10.7. The third kappa shape index (κ3) is 4.05. The molecule has 2 rings (SSSR count). The molecule has 0 bridgehead atoms. The van der Waals surface area contributed by atoms with Gasteiger partial charge >= 0.3 is 5.97 Å². The number of hydrogen-bond donors (Lipinski definition) is 1.